The predicted molar refractivity (Wildman–Crippen MR) is 78.7 cm³/mol. The molecule has 1 aromatic rings. The van der Waals surface area contributed by atoms with Gasteiger partial charge in [0.05, 0.1) is 11.7 Å². The zero-order valence-electron chi connectivity index (χ0n) is 12.2. The first-order valence-electron chi connectivity index (χ1n) is 7.82. The minimum absolute atomic E-state index is 0.0389. The molecule has 0 aromatic carbocycles. The van der Waals surface area contributed by atoms with Crippen LogP contribution < -0.4 is 10.6 Å². The molecule has 2 N–H and O–H groups in total. The molecule has 0 spiro atoms. The van der Waals surface area contributed by atoms with E-state index in [1.807, 2.05) is 7.05 Å². The number of aryl methyl sites for hydroxylation is 1. The molecule has 2 fully saturated rings. The predicted octanol–water partition coefficient (Wildman–Crippen LogP) is 2.16. The van der Waals surface area contributed by atoms with Gasteiger partial charge in [-0.3, -0.25) is 9.48 Å². The standard InChI is InChI=1S/C15H24N4O/c1-19-14(17-15(20)12-8-5-9-16-12)10-13(18-19)11-6-3-2-4-7-11/h10-12,16H,2-9H2,1H3,(H,17,20). The SMILES string of the molecule is Cn1nc(C2CCCCC2)cc1NC(=O)C1CCCN1. The number of rotatable bonds is 3. The zero-order chi connectivity index (χ0) is 13.9. The van der Waals surface area contributed by atoms with Crippen LogP contribution in [0.2, 0.25) is 0 Å². The molecule has 110 valence electrons. The van der Waals surface area contributed by atoms with Crippen molar-refractivity contribution in [2.75, 3.05) is 11.9 Å². The van der Waals surface area contributed by atoms with Gasteiger partial charge in [-0.15, -0.1) is 0 Å². The smallest absolute Gasteiger partial charge is 0.242 e. The lowest BCUT2D eigenvalue weighted by Crippen LogP contribution is -2.35. The Hall–Kier alpha value is -1.36. The largest absolute Gasteiger partial charge is 0.310 e. The summed E-state index contributed by atoms with van der Waals surface area (Å²) in [4.78, 5) is 12.1. The van der Waals surface area contributed by atoms with E-state index in [9.17, 15) is 4.79 Å². The number of hydrogen-bond acceptors (Lipinski definition) is 3. The molecule has 5 heteroatoms. The van der Waals surface area contributed by atoms with Crippen molar-refractivity contribution in [3.63, 3.8) is 0 Å². The van der Waals surface area contributed by atoms with Crippen LogP contribution in [-0.4, -0.2) is 28.3 Å². The molecule has 1 aliphatic carbocycles. The van der Waals surface area contributed by atoms with Gasteiger partial charge in [0.1, 0.15) is 5.82 Å². The first-order valence-corrected chi connectivity index (χ1v) is 7.82. The summed E-state index contributed by atoms with van der Waals surface area (Å²) >= 11 is 0. The lowest BCUT2D eigenvalue weighted by atomic mass is 9.87. The van der Waals surface area contributed by atoms with Crippen LogP contribution in [0, 0.1) is 0 Å². The van der Waals surface area contributed by atoms with E-state index < -0.39 is 0 Å². The fraction of sp³-hybridized carbons (Fsp3) is 0.733. The number of aromatic nitrogens is 2. The molecular weight excluding hydrogens is 252 g/mol. The normalized spacial score (nSPS) is 23.9. The van der Waals surface area contributed by atoms with Gasteiger partial charge in [-0.05, 0) is 32.2 Å². The van der Waals surface area contributed by atoms with Gasteiger partial charge in [0.25, 0.3) is 0 Å². The average Bonchev–Trinajstić information content (AvgIpc) is 3.10. The molecular formula is C15H24N4O. The van der Waals surface area contributed by atoms with Crippen molar-refractivity contribution in [3.05, 3.63) is 11.8 Å². The summed E-state index contributed by atoms with van der Waals surface area (Å²) in [5.41, 5.74) is 1.14. The van der Waals surface area contributed by atoms with E-state index in [0.717, 1.165) is 30.9 Å². The third kappa shape index (κ3) is 2.87. The number of hydrogen-bond donors (Lipinski definition) is 2. The number of nitrogens with one attached hydrogen (secondary N) is 2. The fourth-order valence-corrected chi connectivity index (χ4v) is 3.33. The second kappa shape index (κ2) is 5.95. The third-order valence-electron chi connectivity index (χ3n) is 4.55. The van der Waals surface area contributed by atoms with Crippen LogP contribution in [-0.2, 0) is 11.8 Å². The van der Waals surface area contributed by atoms with Gasteiger partial charge in [-0.2, -0.15) is 5.10 Å². The Bertz CT molecular complexity index is 470. The van der Waals surface area contributed by atoms with Crippen LogP contribution in [0.5, 0.6) is 0 Å². The molecule has 2 aliphatic rings. The third-order valence-corrected chi connectivity index (χ3v) is 4.55. The van der Waals surface area contributed by atoms with Gasteiger partial charge in [0, 0.05) is 19.0 Å². The molecule has 1 unspecified atom stereocenters. The molecule has 3 rings (SSSR count). The minimum Gasteiger partial charge on any atom is -0.310 e. The highest BCUT2D eigenvalue weighted by Gasteiger charge is 2.24. The lowest BCUT2D eigenvalue weighted by molar-refractivity contribution is -0.117. The Kier molecular flexibility index (Phi) is 4.05. The zero-order valence-corrected chi connectivity index (χ0v) is 12.2. The summed E-state index contributed by atoms with van der Waals surface area (Å²) in [7, 11) is 1.91. The summed E-state index contributed by atoms with van der Waals surface area (Å²) in [6, 6.07) is 2.02. The van der Waals surface area contributed by atoms with E-state index >= 15 is 0 Å². The van der Waals surface area contributed by atoms with Gasteiger partial charge in [0.2, 0.25) is 5.91 Å². The van der Waals surface area contributed by atoms with Crippen molar-refractivity contribution in [2.45, 2.75) is 56.9 Å². The van der Waals surface area contributed by atoms with E-state index in [-0.39, 0.29) is 11.9 Å². The van der Waals surface area contributed by atoms with Crippen molar-refractivity contribution in [3.8, 4) is 0 Å². The molecule has 1 saturated heterocycles. The van der Waals surface area contributed by atoms with Gasteiger partial charge in [-0.25, -0.2) is 0 Å². The van der Waals surface area contributed by atoms with Crippen LogP contribution >= 0.6 is 0 Å². The quantitative estimate of drug-likeness (QED) is 0.889. The van der Waals surface area contributed by atoms with Crippen molar-refractivity contribution < 1.29 is 4.79 Å². The van der Waals surface area contributed by atoms with E-state index in [1.165, 1.54) is 32.1 Å². The molecule has 1 aliphatic heterocycles. The van der Waals surface area contributed by atoms with Crippen molar-refractivity contribution in [1.82, 2.24) is 15.1 Å². The first kappa shape index (κ1) is 13.6. The molecule has 1 saturated carbocycles. The number of carbonyl (C=O) groups is 1. The Labute approximate surface area is 120 Å². The second-order valence-electron chi connectivity index (χ2n) is 6.05. The Morgan fingerprint density at radius 2 is 2.10 bits per heavy atom. The van der Waals surface area contributed by atoms with Gasteiger partial charge < -0.3 is 10.6 Å². The Morgan fingerprint density at radius 3 is 2.80 bits per heavy atom. The highest BCUT2D eigenvalue weighted by atomic mass is 16.2. The van der Waals surface area contributed by atoms with Gasteiger partial charge in [-0.1, -0.05) is 19.3 Å². The summed E-state index contributed by atoms with van der Waals surface area (Å²) in [5.74, 6) is 1.47. The highest BCUT2D eigenvalue weighted by Crippen LogP contribution is 2.32. The van der Waals surface area contributed by atoms with Crippen LogP contribution in [0.3, 0.4) is 0 Å². The van der Waals surface area contributed by atoms with Crippen molar-refractivity contribution >= 4 is 11.7 Å². The number of anilines is 1. The minimum atomic E-state index is -0.0389. The maximum Gasteiger partial charge on any atom is 0.242 e. The molecule has 2 heterocycles. The first-order chi connectivity index (χ1) is 9.74. The maximum atomic E-state index is 12.1. The van der Waals surface area contributed by atoms with Crippen LogP contribution in [0.1, 0.15) is 56.6 Å². The second-order valence-corrected chi connectivity index (χ2v) is 6.05. The van der Waals surface area contributed by atoms with E-state index in [1.54, 1.807) is 4.68 Å². The van der Waals surface area contributed by atoms with Crippen molar-refractivity contribution in [1.29, 1.82) is 0 Å². The number of carbonyl (C=O) groups excluding carboxylic acids is 1. The molecule has 0 radical (unpaired) electrons. The van der Waals surface area contributed by atoms with E-state index in [2.05, 4.69) is 21.8 Å². The molecule has 1 aromatic heterocycles. The number of amides is 1. The summed E-state index contributed by atoms with van der Waals surface area (Å²) in [6.07, 6.45) is 8.42. The average molecular weight is 276 g/mol. The Balaban J connectivity index is 1.67. The van der Waals surface area contributed by atoms with Gasteiger partial charge in [0.15, 0.2) is 0 Å². The monoisotopic (exact) mass is 276 g/mol. The number of nitrogens with zero attached hydrogens (tertiary/aromatic N) is 2. The maximum absolute atomic E-state index is 12.1. The van der Waals surface area contributed by atoms with E-state index in [0.29, 0.717) is 5.92 Å². The molecule has 1 atom stereocenters. The van der Waals surface area contributed by atoms with Crippen LogP contribution in [0.4, 0.5) is 5.82 Å². The molecule has 1 amide bonds. The van der Waals surface area contributed by atoms with E-state index in [4.69, 9.17) is 0 Å². The molecule has 20 heavy (non-hydrogen) atoms. The fourth-order valence-electron chi connectivity index (χ4n) is 3.33. The summed E-state index contributed by atoms with van der Waals surface area (Å²) < 4.78 is 1.80. The van der Waals surface area contributed by atoms with Crippen LogP contribution in [0.15, 0.2) is 6.07 Å². The van der Waals surface area contributed by atoms with Crippen molar-refractivity contribution in [2.24, 2.45) is 7.05 Å². The molecule has 0 bridgehead atoms. The molecule has 5 nitrogen and oxygen atoms in total. The summed E-state index contributed by atoms with van der Waals surface area (Å²) in [6.45, 7) is 0.941. The van der Waals surface area contributed by atoms with Crippen LogP contribution in [0.25, 0.3) is 0 Å². The Morgan fingerprint density at radius 1 is 1.30 bits per heavy atom. The lowest BCUT2D eigenvalue weighted by Gasteiger charge is -2.19. The highest BCUT2D eigenvalue weighted by molar-refractivity contribution is 5.94. The van der Waals surface area contributed by atoms with Gasteiger partial charge >= 0.3 is 0 Å². The topological polar surface area (TPSA) is 59.0 Å². The summed E-state index contributed by atoms with van der Waals surface area (Å²) in [5, 5.41) is 10.8.